The van der Waals surface area contributed by atoms with E-state index in [4.69, 9.17) is 21.6 Å². The highest BCUT2D eigenvalue weighted by atomic mass is 35.5. The Kier molecular flexibility index (Phi) is 10.6. The molecule has 5 aromatic rings. The van der Waals surface area contributed by atoms with E-state index >= 15 is 0 Å². The molecule has 308 valence electrons. The third kappa shape index (κ3) is 6.89. The number of benzene rings is 2. The predicted octanol–water partition coefficient (Wildman–Crippen LogP) is 13.8. The van der Waals surface area contributed by atoms with E-state index in [-0.39, 0.29) is 16.6 Å². The number of allylic oxidation sites excluding steroid dienone is 8. The Labute approximate surface area is 363 Å². The molecule has 0 saturated carbocycles. The van der Waals surface area contributed by atoms with Crippen molar-refractivity contribution in [1.29, 1.82) is 0 Å². The Hall–Kier alpha value is -5.85. The van der Waals surface area contributed by atoms with E-state index in [1.54, 1.807) is 6.08 Å². The molecule has 0 saturated heterocycles. The largest absolute Gasteiger partial charge is 0.354 e. The molecule has 12 rings (SSSR count). The van der Waals surface area contributed by atoms with Crippen LogP contribution in [0, 0.1) is 27.7 Å². The SMILES string of the molecule is CC1=C(C)c2nc1cc1[nH]c(c(C)c1C)c1c3[nH]c(cc4nc(c2-c2ccccc2CCCCC2=C(Cl)C(=O)C(=CC2=O)CCCCc2ccccc2-1)C(C)=C4C)c(C)c3C. The van der Waals surface area contributed by atoms with Crippen molar-refractivity contribution in [3.63, 3.8) is 0 Å². The smallest absolute Gasteiger partial charge is 0.200 e. The van der Waals surface area contributed by atoms with Gasteiger partial charge in [-0.1, -0.05) is 60.1 Å². The van der Waals surface area contributed by atoms with Crippen LogP contribution < -0.4 is 0 Å². The summed E-state index contributed by atoms with van der Waals surface area (Å²) in [4.78, 5) is 46.0. The lowest BCUT2D eigenvalue weighted by Crippen LogP contribution is -2.17. The van der Waals surface area contributed by atoms with Gasteiger partial charge in [-0.05, 0) is 192 Å². The number of nitrogens with zero attached hydrogens (tertiary/aromatic N) is 2. The molecule has 12 bridgehead atoms. The monoisotopic (exact) mass is 824 g/mol. The number of aromatic nitrogens is 4. The van der Waals surface area contributed by atoms with Crippen LogP contribution in [0.15, 0.2) is 82.9 Å². The molecule has 7 heteroatoms. The highest BCUT2D eigenvalue weighted by Crippen LogP contribution is 2.44. The fraction of sp³-hybridized carbons (Fsp3) is 0.296. The molecule has 2 N–H and O–H groups in total. The van der Waals surface area contributed by atoms with Gasteiger partial charge < -0.3 is 9.97 Å². The minimum atomic E-state index is -0.206. The zero-order valence-corrected chi connectivity index (χ0v) is 37.4. The van der Waals surface area contributed by atoms with E-state index in [1.807, 2.05) is 0 Å². The number of carbonyl (C=O) groups excluding carboxylic acids is 2. The maximum Gasteiger partial charge on any atom is 0.200 e. The van der Waals surface area contributed by atoms with Gasteiger partial charge in [-0.2, -0.15) is 0 Å². The molecule has 2 aromatic carbocycles. The Morgan fingerprint density at radius 1 is 0.541 bits per heavy atom. The van der Waals surface area contributed by atoms with Crippen molar-refractivity contribution in [2.45, 2.75) is 107 Å². The van der Waals surface area contributed by atoms with Gasteiger partial charge >= 0.3 is 0 Å². The van der Waals surface area contributed by atoms with Gasteiger partial charge in [-0.3, -0.25) is 9.59 Å². The van der Waals surface area contributed by atoms with Crippen molar-refractivity contribution in [3.05, 3.63) is 139 Å². The summed E-state index contributed by atoms with van der Waals surface area (Å²) in [6, 6.07) is 21.8. The lowest BCUT2D eigenvalue weighted by Gasteiger charge is -2.16. The molecule has 7 aliphatic rings. The lowest BCUT2D eigenvalue weighted by atomic mass is 9.88. The van der Waals surface area contributed by atoms with E-state index < -0.39 is 0 Å². The Morgan fingerprint density at radius 2 is 1.00 bits per heavy atom. The molecule has 3 aromatic heterocycles. The van der Waals surface area contributed by atoms with Gasteiger partial charge in [0.05, 0.1) is 38.8 Å². The van der Waals surface area contributed by atoms with Crippen molar-refractivity contribution >= 4 is 67.5 Å². The second-order valence-corrected chi connectivity index (χ2v) is 17.8. The van der Waals surface area contributed by atoms with Gasteiger partial charge in [0.15, 0.2) is 5.78 Å². The number of halogens is 1. The predicted molar refractivity (Wildman–Crippen MR) is 253 cm³/mol. The average Bonchev–Trinajstić information content (AvgIpc) is 3.89. The van der Waals surface area contributed by atoms with E-state index in [1.165, 1.54) is 33.4 Å². The highest BCUT2D eigenvalue weighted by Gasteiger charge is 2.29. The van der Waals surface area contributed by atoms with Crippen molar-refractivity contribution in [2.75, 3.05) is 0 Å². The molecule has 9 heterocycles. The first-order chi connectivity index (χ1) is 29.3. The van der Waals surface area contributed by atoms with Crippen LogP contribution in [0.1, 0.15) is 122 Å². The van der Waals surface area contributed by atoms with Crippen LogP contribution >= 0.6 is 11.6 Å². The Balaban J connectivity index is 1.40. The van der Waals surface area contributed by atoms with Gasteiger partial charge in [-0.25, -0.2) is 9.97 Å². The normalized spacial score (nSPS) is 16.4. The minimum absolute atomic E-state index is 0.0904. The number of nitrogens with one attached hydrogen (secondary N) is 2. The Morgan fingerprint density at radius 3 is 1.52 bits per heavy atom. The molecule has 6 nitrogen and oxygen atoms in total. The number of ketones is 2. The van der Waals surface area contributed by atoms with E-state index in [9.17, 15) is 9.59 Å². The molecular formula is C54H53ClN4O2. The van der Waals surface area contributed by atoms with Gasteiger partial charge in [-0.15, -0.1) is 0 Å². The fourth-order valence-electron chi connectivity index (χ4n) is 9.66. The zero-order valence-electron chi connectivity index (χ0n) is 36.6. The van der Waals surface area contributed by atoms with Crippen LogP contribution in [0.5, 0.6) is 0 Å². The van der Waals surface area contributed by atoms with Crippen LogP contribution in [-0.2, 0) is 22.4 Å². The van der Waals surface area contributed by atoms with Crippen molar-refractivity contribution < 1.29 is 9.59 Å². The van der Waals surface area contributed by atoms with E-state index in [0.29, 0.717) is 24.0 Å². The van der Waals surface area contributed by atoms with E-state index in [0.717, 1.165) is 128 Å². The second-order valence-electron chi connectivity index (χ2n) is 17.4. The van der Waals surface area contributed by atoms with E-state index in [2.05, 4.69) is 126 Å². The highest BCUT2D eigenvalue weighted by molar-refractivity contribution is 6.49. The van der Waals surface area contributed by atoms with Crippen molar-refractivity contribution in [2.24, 2.45) is 0 Å². The van der Waals surface area contributed by atoms with Gasteiger partial charge in [0.2, 0.25) is 5.78 Å². The summed E-state index contributed by atoms with van der Waals surface area (Å²) in [6.45, 7) is 17.6. The summed E-state index contributed by atoms with van der Waals surface area (Å²) in [5.41, 5.74) is 25.0. The lowest BCUT2D eigenvalue weighted by molar-refractivity contribution is -0.115. The third-order valence-electron chi connectivity index (χ3n) is 14.0. The maximum atomic E-state index is 13.6. The second kappa shape index (κ2) is 15.9. The number of rotatable bonds is 0. The summed E-state index contributed by atoms with van der Waals surface area (Å²) in [6.07, 6.45) is 7.24. The topological polar surface area (TPSA) is 91.5 Å². The third-order valence-corrected chi connectivity index (χ3v) is 14.4. The van der Waals surface area contributed by atoms with Crippen LogP contribution in [0.4, 0.5) is 0 Å². The number of aromatic amines is 2. The summed E-state index contributed by atoms with van der Waals surface area (Å²) in [7, 11) is 0. The molecule has 1 aliphatic carbocycles. The van der Waals surface area contributed by atoms with Crippen LogP contribution in [0.2, 0.25) is 0 Å². The Bertz CT molecular complexity index is 2930. The molecule has 6 aliphatic heterocycles. The molecule has 0 fully saturated rings. The first-order valence-electron chi connectivity index (χ1n) is 21.8. The first-order valence-corrected chi connectivity index (χ1v) is 22.2. The standard InChI is InChI=1S/C54H53ClN4O2/c1-28-32(5)50-47-39-22-14-11-18-36(39)17-9-10-21-38-25-46(60)41(49(55)54(38)61)24-16-13-20-37-19-12-15-23-40(37)48(52-34(7)30(3)44(58-52)26-42(28)56-50)53-35(8)31(4)45(59-53)27-43-29(2)33(6)51(47)57-43/h11-12,14-15,18-19,22-23,25-27,56-57H,9-10,13,16-17,20-21,24H2,1-8H3. The van der Waals surface area contributed by atoms with Crippen molar-refractivity contribution in [3.8, 4) is 22.3 Å². The molecular weight excluding hydrogens is 772 g/mol. The molecule has 0 spiro atoms. The molecule has 0 amide bonds. The zero-order chi connectivity index (χ0) is 42.9. The number of carbonyl (C=O) groups is 2. The molecule has 61 heavy (non-hydrogen) atoms. The molecule has 0 atom stereocenters. The summed E-state index contributed by atoms with van der Waals surface area (Å²) in [5.74, 6) is -0.340. The summed E-state index contributed by atoms with van der Waals surface area (Å²) >= 11 is 6.74. The minimum Gasteiger partial charge on any atom is -0.354 e. The summed E-state index contributed by atoms with van der Waals surface area (Å²) < 4.78 is 0. The van der Waals surface area contributed by atoms with Gasteiger partial charge in [0.25, 0.3) is 0 Å². The quantitative estimate of drug-likeness (QED) is 0.152. The van der Waals surface area contributed by atoms with Gasteiger partial charge in [0.1, 0.15) is 0 Å². The average molecular weight is 825 g/mol. The maximum absolute atomic E-state index is 13.6. The molecule has 0 radical (unpaired) electrons. The number of hydrogen-bond acceptors (Lipinski definition) is 4. The number of aryl methyl sites for hydroxylation is 6. The first kappa shape index (κ1) is 40.6. The van der Waals surface area contributed by atoms with Crippen LogP contribution in [0.3, 0.4) is 0 Å². The molecule has 0 unspecified atom stereocenters. The number of H-pyrrole nitrogens is 2. The van der Waals surface area contributed by atoms with Gasteiger partial charge in [0, 0.05) is 33.3 Å². The number of hydrogen-bond donors (Lipinski definition) is 2. The van der Waals surface area contributed by atoms with Crippen molar-refractivity contribution in [1.82, 2.24) is 19.9 Å². The van der Waals surface area contributed by atoms with Crippen LogP contribution in [-0.4, -0.2) is 31.5 Å². The number of Topliss-reactive ketones (excluding diaryl/α,β-unsaturated/α-hetero) is 1. The van der Waals surface area contributed by atoms with Crippen LogP contribution in [0.25, 0.3) is 66.6 Å². The fourth-order valence-corrected chi connectivity index (χ4v) is 9.97. The summed E-state index contributed by atoms with van der Waals surface area (Å²) in [5, 5.41) is 0.0904.